The molecule has 0 heterocycles. The molecule has 1 N–H and O–H groups in total. The van der Waals surface area contributed by atoms with Gasteiger partial charge in [0.05, 0.1) is 10.0 Å². The highest BCUT2D eigenvalue weighted by molar-refractivity contribution is 6.42. The Kier molecular flexibility index (Phi) is 4.69. The second kappa shape index (κ2) is 6.29. The molecule has 4 heteroatoms. The number of amides is 1. The van der Waals surface area contributed by atoms with Crippen LogP contribution in [0.1, 0.15) is 18.9 Å². The number of hydrogen-bond acceptors (Lipinski definition) is 1. The summed E-state index contributed by atoms with van der Waals surface area (Å²) in [4.78, 5) is 11.6. The molecule has 0 radical (unpaired) electrons. The van der Waals surface area contributed by atoms with E-state index in [1.54, 1.807) is 12.1 Å². The van der Waals surface area contributed by atoms with Gasteiger partial charge in [0.15, 0.2) is 0 Å². The maximum absolute atomic E-state index is 11.6. The first kappa shape index (κ1) is 14.9. The van der Waals surface area contributed by atoms with Gasteiger partial charge >= 0.3 is 0 Å². The van der Waals surface area contributed by atoms with Crippen LogP contribution < -0.4 is 5.32 Å². The Hall–Kier alpha value is -1.51. The highest BCUT2D eigenvalue weighted by Gasteiger charge is 2.09. The van der Waals surface area contributed by atoms with Crippen molar-refractivity contribution in [3.05, 3.63) is 52.0 Å². The fourth-order valence-electron chi connectivity index (χ4n) is 1.91. The summed E-state index contributed by atoms with van der Waals surface area (Å²) in [6.45, 7) is 3.83. The predicted octanol–water partition coefficient (Wildman–Crippen LogP) is 5.32. The van der Waals surface area contributed by atoms with Crippen LogP contribution in [0.3, 0.4) is 0 Å². The molecule has 104 valence electrons. The Morgan fingerprint density at radius 2 is 1.85 bits per heavy atom. The van der Waals surface area contributed by atoms with Gasteiger partial charge in [0, 0.05) is 17.7 Å². The molecule has 0 spiro atoms. The van der Waals surface area contributed by atoms with Crippen LogP contribution in [-0.4, -0.2) is 5.91 Å². The lowest BCUT2D eigenvalue weighted by Crippen LogP contribution is -2.10. The molecule has 0 unspecified atom stereocenters. The third kappa shape index (κ3) is 3.33. The van der Waals surface area contributed by atoms with E-state index in [0.29, 0.717) is 16.5 Å². The van der Waals surface area contributed by atoms with E-state index in [1.165, 1.54) is 0 Å². The largest absolute Gasteiger partial charge is 0.326 e. The lowest BCUT2D eigenvalue weighted by atomic mass is 10.0. The number of halogens is 2. The zero-order valence-electron chi connectivity index (χ0n) is 11.3. The van der Waals surface area contributed by atoms with Gasteiger partial charge in [-0.2, -0.15) is 0 Å². The molecule has 2 aromatic carbocycles. The van der Waals surface area contributed by atoms with Crippen molar-refractivity contribution < 1.29 is 4.79 Å². The monoisotopic (exact) mass is 307 g/mol. The minimum atomic E-state index is -0.0184. The molecule has 1 amide bonds. The van der Waals surface area contributed by atoms with Crippen LogP contribution in [0.25, 0.3) is 11.1 Å². The van der Waals surface area contributed by atoms with Crippen molar-refractivity contribution in [3.8, 4) is 11.1 Å². The number of nitrogens with one attached hydrogen (secondary N) is 1. The van der Waals surface area contributed by atoms with Crippen LogP contribution >= 0.6 is 23.2 Å². The minimum Gasteiger partial charge on any atom is -0.326 e. The van der Waals surface area contributed by atoms with Gasteiger partial charge < -0.3 is 5.32 Å². The lowest BCUT2D eigenvalue weighted by molar-refractivity contribution is -0.115. The van der Waals surface area contributed by atoms with Crippen molar-refractivity contribution in [3.63, 3.8) is 0 Å². The Bertz CT molecular complexity index is 653. The van der Waals surface area contributed by atoms with Crippen molar-refractivity contribution >= 4 is 34.8 Å². The second-order valence-corrected chi connectivity index (χ2v) is 5.39. The minimum absolute atomic E-state index is 0.0184. The third-order valence-corrected chi connectivity index (χ3v) is 3.74. The molecule has 0 saturated carbocycles. The standard InChI is InChI=1S/C16H15Cl2NO/c1-3-16(20)19-15-7-4-10(2)8-12(15)11-5-6-13(17)14(18)9-11/h4-9H,3H2,1-2H3,(H,19,20). The van der Waals surface area contributed by atoms with Gasteiger partial charge in [0.25, 0.3) is 0 Å². The summed E-state index contributed by atoms with van der Waals surface area (Å²) >= 11 is 12.0. The zero-order chi connectivity index (χ0) is 14.7. The quantitative estimate of drug-likeness (QED) is 0.817. The molecule has 0 bridgehead atoms. The number of aryl methyl sites for hydroxylation is 1. The van der Waals surface area contributed by atoms with Crippen LogP contribution in [0.2, 0.25) is 10.0 Å². The maximum Gasteiger partial charge on any atom is 0.224 e. The van der Waals surface area contributed by atoms with E-state index in [4.69, 9.17) is 23.2 Å². The van der Waals surface area contributed by atoms with E-state index in [0.717, 1.165) is 22.4 Å². The molecule has 2 aromatic rings. The van der Waals surface area contributed by atoms with E-state index in [-0.39, 0.29) is 5.91 Å². The lowest BCUT2D eigenvalue weighted by Gasteiger charge is -2.12. The second-order valence-electron chi connectivity index (χ2n) is 4.58. The van der Waals surface area contributed by atoms with Crippen molar-refractivity contribution in [1.82, 2.24) is 0 Å². The summed E-state index contributed by atoms with van der Waals surface area (Å²) in [7, 11) is 0. The Morgan fingerprint density at radius 3 is 2.50 bits per heavy atom. The number of hydrogen-bond donors (Lipinski definition) is 1. The van der Waals surface area contributed by atoms with E-state index in [1.807, 2.05) is 38.1 Å². The molecule has 0 aliphatic carbocycles. The van der Waals surface area contributed by atoms with E-state index >= 15 is 0 Å². The summed E-state index contributed by atoms with van der Waals surface area (Å²) < 4.78 is 0. The highest BCUT2D eigenvalue weighted by atomic mass is 35.5. The van der Waals surface area contributed by atoms with Gasteiger partial charge in [0.2, 0.25) is 5.91 Å². The third-order valence-electron chi connectivity index (χ3n) is 3.00. The molecular formula is C16H15Cl2NO. The molecule has 0 aliphatic rings. The average Bonchev–Trinajstić information content (AvgIpc) is 2.43. The maximum atomic E-state index is 11.6. The average molecular weight is 308 g/mol. The summed E-state index contributed by atoms with van der Waals surface area (Å²) in [5, 5.41) is 3.92. The van der Waals surface area contributed by atoms with E-state index in [2.05, 4.69) is 5.32 Å². The molecule has 0 aromatic heterocycles. The summed E-state index contributed by atoms with van der Waals surface area (Å²) in [6.07, 6.45) is 0.439. The first-order valence-corrected chi connectivity index (χ1v) is 7.12. The van der Waals surface area contributed by atoms with Crippen LogP contribution in [0.4, 0.5) is 5.69 Å². The summed E-state index contributed by atoms with van der Waals surface area (Å²) in [6, 6.07) is 11.3. The number of benzene rings is 2. The predicted molar refractivity (Wildman–Crippen MR) is 85.6 cm³/mol. The van der Waals surface area contributed by atoms with E-state index in [9.17, 15) is 4.79 Å². The van der Waals surface area contributed by atoms with Gasteiger partial charge in [0.1, 0.15) is 0 Å². The molecule has 0 aliphatic heterocycles. The number of anilines is 1. The highest BCUT2D eigenvalue weighted by Crippen LogP contribution is 2.33. The number of rotatable bonds is 3. The van der Waals surface area contributed by atoms with Crippen molar-refractivity contribution in [2.75, 3.05) is 5.32 Å². The fourth-order valence-corrected chi connectivity index (χ4v) is 2.21. The molecule has 20 heavy (non-hydrogen) atoms. The summed E-state index contributed by atoms with van der Waals surface area (Å²) in [5.41, 5.74) is 3.75. The molecule has 2 rings (SSSR count). The Labute approximate surface area is 128 Å². The van der Waals surface area contributed by atoms with E-state index < -0.39 is 0 Å². The topological polar surface area (TPSA) is 29.1 Å². The van der Waals surface area contributed by atoms with Crippen LogP contribution in [0, 0.1) is 6.92 Å². The van der Waals surface area contributed by atoms with Crippen LogP contribution in [0.5, 0.6) is 0 Å². The zero-order valence-corrected chi connectivity index (χ0v) is 12.8. The van der Waals surface area contributed by atoms with Gasteiger partial charge in [-0.15, -0.1) is 0 Å². The molecule has 0 atom stereocenters. The number of carbonyl (C=O) groups is 1. The molecule has 0 saturated heterocycles. The van der Waals surface area contributed by atoms with Gasteiger partial charge in [-0.05, 0) is 36.8 Å². The van der Waals surface area contributed by atoms with Crippen LogP contribution in [0.15, 0.2) is 36.4 Å². The Balaban J connectivity index is 2.50. The van der Waals surface area contributed by atoms with Gasteiger partial charge in [-0.25, -0.2) is 0 Å². The smallest absolute Gasteiger partial charge is 0.224 e. The number of carbonyl (C=O) groups excluding carboxylic acids is 1. The molecule has 2 nitrogen and oxygen atoms in total. The molecular weight excluding hydrogens is 293 g/mol. The van der Waals surface area contributed by atoms with Gasteiger partial charge in [-0.3, -0.25) is 4.79 Å². The first-order valence-electron chi connectivity index (χ1n) is 6.37. The normalized spacial score (nSPS) is 10.4. The van der Waals surface area contributed by atoms with Crippen LogP contribution in [-0.2, 0) is 4.79 Å². The summed E-state index contributed by atoms with van der Waals surface area (Å²) in [5.74, 6) is -0.0184. The molecule has 0 fully saturated rings. The Morgan fingerprint density at radius 1 is 1.10 bits per heavy atom. The van der Waals surface area contributed by atoms with Gasteiger partial charge in [-0.1, -0.05) is 47.8 Å². The SMILES string of the molecule is CCC(=O)Nc1ccc(C)cc1-c1ccc(Cl)c(Cl)c1. The van der Waals surface area contributed by atoms with Crippen molar-refractivity contribution in [2.45, 2.75) is 20.3 Å². The first-order chi connectivity index (χ1) is 9.51. The fraction of sp³-hybridized carbons (Fsp3) is 0.188. The van der Waals surface area contributed by atoms with Crippen molar-refractivity contribution in [1.29, 1.82) is 0 Å². The van der Waals surface area contributed by atoms with Crippen molar-refractivity contribution in [2.24, 2.45) is 0 Å².